The molecule has 0 radical (unpaired) electrons. The fourth-order valence-electron chi connectivity index (χ4n) is 2.92. The van der Waals surface area contributed by atoms with E-state index in [9.17, 15) is 9.18 Å². The molecule has 144 valence electrons. The van der Waals surface area contributed by atoms with Crippen LogP contribution in [0.4, 0.5) is 4.39 Å². The molecule has 2 aromatic carbocycles. The van der Waals surface area contributed by atoms with E-state index in [4.69, 9.17) is 9.47 Å². The summed E-state index contributed by atoms with van der Waals surface area (Å²) in [6, 6.07) is 14.7. The summed E-state index contributed by atoms with van der Waals surface area (Å²) in [5.41, 5.74) is 2.60. The third kappa shape index (κ3) is 3.40. The minimum absolute atomic E-state index is 0.126. The van der Waals surface area contributed by atoms with Crippen molar-refractivity contribution in [1.29, 1.82) is 0 Å². The van der Waals surface area contributed by atoms with Gasteiger partial charge in [0.15, 0.2) is 22.9 Å². The van der Waals surface area contributed by atoms with Gasteiger partial charge in [0.05, 0.1) is 11.4 Å². The van der Waals surface area contributed by atoms with Crippen molar-refractivity contribution in [2.45, 2.75) is 5.16 Å². The van der Waals surface area contributed by atoms with Gasteiger partial charge in [0.2, 0.25) is 11.9 Å². The van der Waals surface area contributed by atoms with E-state index >= 15 is 0 Å². The molecule has 0 saturated heterocycles. The van der Waals surface area contributed by atoms with Crippen molar-refractivity contribution in [3.8, 4) is 22.8 Å². The van der Waals surface area contributed by atoms with Crippen molar-refractivity contribution < 1.29 is 18.7 Å². The highest BCUT2D eigenvalue weighted by molar-refractivity contribution is 7.99. The molecule has 0 spiro atoms. The molecule has 5 rings (SSSR count). The second-order valence-corrected chi connectivity index (χ2v) is 7.20. The van der Waals surface area contributed by atoms with Crippen molar-refractivity contribution in [2.75, 3.05) is 12.5 Å². The first-order valence-corrected chi connectivity index (χ1v) is 9.70. The third-order valence-electron chi connectivity index (χ3n) is 4.40. The summed E-state index contributed by atoms with van der Waals surface area (Å²) >= 11 is 1.23. The molecule has 2 aromatic heterocycles. The van der Waals surface area contributed by atoms with E-state index in [1.165, 1.54) is 36.0 Å². The fraction of sp³-hybridized carbons (Fsp3) is 0.100. The van der Waals surface area contributed by atoms with Crippen molar-refractivity contribution in [1.82, 2.24) is 19.8 Å². The van der Waals surface area contributed by atoms with Crippen LogP contribution in [-0.2, 0) is 0 Å². The Kier molecular flexibility index (Phi) is 4.36. The average Bonchev–Trinajstić information content (AvgIpc) is 3.38. The third-order valence-corrected chi connectivity index (χ3v) is 5.32. The summed E-state index contributed by atoms with van der Waals surface area (Å²) in [5.74, 6) is 1.02. The lowest BCUT2D eigenvalue weighted by Crippen LogP contribution is -2.04. The van der Waals surface area contributed by atoms with Crippen LogP contribution in [0.3, 0.4) is 0 Å². The van der Waals surface area contributed by atoms with E-state index in [0.29, 0.717) is 33.6 Å². The maximum Gasteiger partial charge on any atom is 0.231 e. The van der Waals surface area contributed by atoms with Gasteiger partial charge in [-0.05, 0) is 54.6 Å². The molecule has 0 amide bonds. The summed E-state index contributed by atoms with van der Waals surface area (Å²) < 4.78 is 25.4. The molecule has 7 nitrogen and oxygen atoms in total. The van der Waals surface area contributed by atoms with E-state index in [1.54, 1.807) is 4.52 Å². The topological polar surface area (TPSA) is 78.6 Å². The SMILES string of the molecule is O=C(CSc1nnc2ccc(-c3ccc4c(c3)OCO4)nn12)c1ccc(F)cc1. The van der Waals surface area contributed by atoms with Crippen LogP contribution in [-0.4, -0.2) is 38.1 Å². The lowest BCUT2D eigenvalue weighted by molar-refractivity contribution is 0.102. The minimum atomic E-state index is -0.377. The van der Waals surface area contributed by atoms with E-state index in [-0.39, 0.29) is 24.1 Å². The van der Waals surface area contributed by atoms with E-state index in [0.717, 1.165) is 5.56 Å². The molecule has 3 heterocycles. The molecule has 9 heteroatoms. The molecule has 0 unspecified atom stereocenters. The highest BCUT2D eigenvalue weighted by Gasteiger charge is 2.16. The number of ether oxygens (including phenoxy) is 2. The van der Waals surface area contributed by atoms with E-state index in [1.807, 2.05) is 30.3 Å². The summed E-state index contributed by atoms with van der Waals surface area (Å²) in [7, 11) is 0. The Morgan fingerprint density at radius 1 is 1.03 bits per heavy atom. The Morgan fingerprint density at radius 2 is 1.86 bits per heavy atom. The lowest BCUT2D eigenvalue weighted by atomic mass is 10.1. The van der Waals surface area contributed by atoms with Crippen LogP contribution in [0, 0.1) is 5.82 Å². The number of hydrogen-bond acceptors (Lipinski definition) is 7. The van der Waals surface area contributed by atoms with Crippen LogP contribution in [0.2, 0.25) is 0 Å². The van der Waals surface area contributed by atoms with Gasteiger partial charge in [-0.2, -0.15) is 9.61 Å². The number of Topliss-reactive ketones (excluding diaryl/α,β-unsaturated/α-hetero) is 1. The number of nitrogens with zero attached hydrogens (tertiary/aromatic N) is 4. The normalized spacial score (nSPS) is 12.4. The molecular weight excluding hydrogens is 395 g/mol. The molecule has 0 fully saturated rings. The zero-order chi connectivity index (χ0) is 19.8. The van der Waals surface area contributed by atoms with Crippen molar-refractivity contribution in [2.24, 2.45) is 0 Å². The second kappa shape index (κ2) is 7.17. The molecule has 4 aromatic rings. The number of fused-ring (bicyclic) bond motifs is 2. The molecule has 0 saturated carbocycles. The number of thioether (sulfide) groups is 1. The molecule has 0 bridgehead atoms. The predicted molar refractivity (Wildman–Crippen MR) is 104 cm³/mol. The minimum Gasteiger partial charge on any atom is -0.454 e. The van der Waals surface area contributed by atoms with Gasteiger partial charge in [-0.15, -0.1) is 10.2 Å². The van der Waals surface area contributed by atoms with Crippen LogP contribution in [0.25, 0.3) is 16.9 Å². The smallest absolute Gasteiger partial charge is 0.231 e. The maximum atomic E-state index is 13.0. The number of carbonyl (C=O) groups excluding carboxylic acids is 1. The Balaban J connectivity index is 1.39. The molecule has 0 atom stereocenters. The number of rotatable bonds is 5. The van der Waals surface area contributed by atoms with E-state index < -0.39 is 0 Å². The number of benzene rings is 2. The van der Waals surface area contributed by atoms with Gasteiger partial charge < -0.3 is 9.47 Å². The molecule has 1 aliphatic rings. The average molecular weight is 408 g/mol. The lowest BCUT2D eigenvalue weighted by Gasteiger charge is -2.04. The van der Waals surface area contributed by atoms with Crippen LogP contribution in [0.5, 0.6) is 11.5 Å². The maximum absolute atomic E-state index is 13.0. The summed E-state index contributed by atoms with van der Waals surface area (Å²) in [5, 5.41) is 13.3. The standard InChI is InChI=1S/C20H13FN4O3S/c21-14-4-1-12(2-5-14)16(26)10-29-20-23-22-19-8-6-15(24-25(19)20)13-3-7-17-18(9-13)28-11-27-17/h1-9H,10-11H2. The number of halogens is 1. The van der Waals surface area contributed by atoms with Gasteiger partial charge in [0, 0.05) is 11.1 Å². The Morgan fingerprint density at radius 3 is 2.72 bits per heavy atom. The first kappa shape index (κ1) is 17.6. The van der Waals surface area contributed by atoms with Gasteiger partial charge in [-0.25, -0.2) is 4.39 Å². The summed E-state index contributed by atoms with van der Waals surface area (Å²) in [4.78, 5) is 12.3. The van der Waals surface area contributed by atoms with Gasteiger partial charge in [0.25, 0.3) is 0 Å². The van der Waals surface area contributed by atoms with Gasteiger partial charge in [0.1, 0.15) is 5.82 Å². The van der Waals surface area contributed by atoms with Crippen LogP contribution in [0.15, 0.2) is 59.8 Å². The molecule has 1 aliphatic heterocycles. The number of aromatic nitrogens is 4. The van der Waals surface area contributed by atoms with Crippen molar-refractivity contribution >= 4 is 23.2 Å². The highest BCUT2D eigenvalue weighted by Crippen LogP contribution is 2.35. The predicted octanol–water partition coefficient (Wildman–Crippen LogP) is 3.63. The molecule has 0 N–H and O–H groups in total. The zero-order valence-electron chi connectivity index (χ0n) is 14.9. The van der Waals surface area contributed by atoms with Gasteiger partial charge in [-0.3, -0.25) is 4.79 Å². The largest absolute Gasteiger partial charge is 0.454 e. The monoisotopic (exact) mass is 408 g/mol. The van der Waals surface area contributed by atoms with Gasteiger partial charge in [-0.1, -0.05) is 11.8 Å². The number of ketones is 1. The van der Waals surface area contributed by atoms with Gasteiger partial charge >= 0.3 is 0 Å². The molecule has 0 aliphatic carbocycles. The zero-order valence-corrected chi connectivity index (χ0v) is 15.7. The second-order valence-electron chi connectivity index (χ2n) is 6.26. The summed E-state index contributed by atoms with van der Waals surface area (Å²) in [6.45, 7) is 0.208. The first-order chi connectivity index (χ1) is 14.2. The van der Waals surface area contributed by atoms with Crippen LogP contribution >= 0.6 is 11.8 Å². The summed E-state index contributed by atoms with van der Waals surface area (Å²) in [6.07, 6.45) is 0. The Labute approximate surface area is 168 Å². The fourth-order valence-corrected chi connectivity index (χ4v) is 3.70. The highest BCUT2D eigenvalue weighted by atomic mass is 32.2. The Hall–Kier alpha value is -3.46. The number of carbonyl (C=O) groups is 1. The Bertz CT molecular complexity index is 1230. The number of hydrogen-bond donors (Lipinski definition) is 0. The van der Waals surface area contributed by atoms with Crippen LogP contribution in [0.1, 0.15) is 10.4 Å². The van der Waals surface area contributed by atoms with Crippen LogP contribution < -0.4 is 9.47 Å². The van der Waals surface area contributed by atoms with Crippen molar-refractivity contribution in [3.05, 3.63) is 66.0 Å². The van der Waals surface area contributed by atoms with Crippen molar-refractivity contribution in [3.63, 3.8) is 0 Å². The quantitative estimate of drug-likeness (QED) is 0.369. The molecular formula is C20H13FN4O3S. The molecule has 29 heavy (non-hydrogen) atoms. The van der Waals surface area contributed by atoms with E-state index in [2.05, 4.69) is 15.3 Å². The first-order valence-electron chi connectivity index (χ1n) is 8.71.